The van der Waals surface area contributed by atoms with Crippen LogP contribution in [-0.4, -0.2) is 18.6 Å². The van der Waals surface area contributed by atoms with Gasteiger partial charge in [-0.2, -0.15) is 0 Å². The summed E-state index contributed by atoms with van der Waals surface area (Å²) in [4.78, 5) is 10.8. The summed E-state index contributed by atoms with van der Waals surface area (Å²) in [5, 5.41) is 0. The van der Waals surface area contributed by atoms with E-state index in [9.17, 15) is 4.79 Å². The number of rotatable bonds is 7. The van der Waals surface area contributed by atoms with Gasteiger partial charge in [0.1, 0.15) is 0 Å². The lowest BCUT2D eigenvalue weighted by atomic mass is 10.2. The molecule has 14 heavy (non-hydrogen) atoms. The molecule has 1 aliphatic rings. The van der Waals surface area contributed by atoms with Gasteiger partial charge in [0.05, 0.1) is 6.10 Å². The average Bonchev–Trinajstić information content (AvgIpc) is 2.98. The van der Waals surface area contributed by atoms with Gasteiger partial charge in [-0.15, -0.1) is 0 Å². The third-order valence-electron chi connectivity index (χ3n) is 2.56. The van der Waals surface area contributed by atoms with Crippen LogP contribution in [0.5, 0.6) is 0 Å². The number of hydrogen-bond donors (Lipinski definition) is 2. The molecule has 0 bridgehead atoms. The Balaban J connectivity index is 1.91. The van der Waals surface area contributed by atoms with Crippen LogP contribution in [0.3, 0.4) is 0 Å². The number of hydrogen-bond acceptors (Lipinski definition) is 3. The van der Waals surface area contributed by atoms with Crippen LogP contribution in [0, 0.1) is 5.92 Å². The quantitative estimate of drug-likeness (QED) is 0.365. The van der Waals surface area contributed by atoms with E-state index < -0.39 is 0 Å². The van der Waals surface area contributed by atoms with Gasteiger partial charge in [0.2, 0.25) is 5.91 Å². The highest BCUT2D eigenvalue weighted by Gasteiger charge is 2.20. The summed E-state index contributed by atoms with van der Waals surface area (Å²) in [5.41, 5.74) is 2.11. The second-order valence-electron chi connectivity index (χ2n) is 4.02. The summed E-state index contributed by atoms with van der Waals surface area (Å²) >= 11 is 0. The van der Waals surface area contributed by atoms with Gasteiger partial charge in [-0.1, -0.05) is 12.8 Å². The van der Waals surface area contributed by atoms with Crippen molar-refractivity contribution in [2.75, 3.05) is 6.61 Å². The van der Waals surface area contributed by atoms with Crippen molar-refractivity contribution in [2.24, 2.45) is 11.8 Å². The predicted molar refractivity (Wildman–Crippen MR) is 54.3 cm³/mol. The van der Waals surface area contributed by atoms with Gasteiger partial charge in [0.25, 0.3) is 0 Å². The van der Waals surface area contributed by atoms with E-state index in [2.05, 4.69) is 5.43 Å². The first-order valence-corrected chi connectivity index (χ1v) is 5.33. The van der Waals surface area contributed by atoms with Crippen molar-refractivity contribution in [3.05, 3.63) is 0 Å². The van der Waals surface area contributed by atoms with E-state index in [-0.39, 0.29) is 12.0 Å². The third kappa shape index (κ3) is 5.19. The maximum Gasteiger partial charge on any atom is 0.233 e. The van der Waals surface area contributed by atoms with Gasteiger partial charge < -0.3 is 4.74 Å². The molecule has 1 aliphatic carbocycles. The third-order valence-corrected chi connectivity index (χ3v) is 2.56. The van der Waals surface area contributed by atoms with Crippen molar-refractivity contribution in [3.63, 3.8) is 0 Å². The van der Waals surface area contributed by atoms with Crippen LogP contribution in [0.4, 0.5) is 0 Å². The minimum atomic E-state index is -0.123. The molecular formula is C10H20N2O2. The van der Waals surface area contributed by atoms with Crippen molar-refractivity contribution in [1.29, 1.82) is 0 Å². The zero-order chi connectivity index (χ0) is 10.4. The molecule has 0 radical (unpaired) electrons. The molecule has 0 aliphatic heterocycles. The Morgan fingerprint density at radius 3 is 2.93 bits per heavy atom. The smallest absolute Gasteiger partial charge is 0.233 e. The Labute approximate surface area is 85.2 Å². The average molecular weight is 200 g/mol. The molecule has 3 N–H and O–H groups in total. The lowest BCUT2D eigenvalue weighted by Crippen LogP contribution is -2.30. The van der Waals surface area contributed by atoms with Crippen LogP contribution in [0.25, 0.3) is 0 Å². The SMILES string of the molecule is CC(CCC(=O)NN)OCCC1CC1. The number of carbonyl (C=O) groups is 1. The minimum Gasteiger partial charge on any atom is -0.378 e. The number of ether oxygens (including phenoxy) is 1. The van der Waals surface area contributed by atoms with Gasteiger partial charge in [-0.25, -0.2) is 5.84 Å². The molecule has 0 aromatic rings. The van der Waals surface area contributed by atoms with Crippen LogP contribution in [0.15, 0.2) is 0 Å². The van der Waals surface area contributed by atoms with Gasteiger partial charge in [-0.05, 0) is 25.7 Å². The van der Waals surface area contributed by atoms with Crippen molar-refractivity contribution in [3.8, 4) is 0 Å². The van der Waals surface area contributed by atoms with Gasteiger partial charge in [0, 0.05) is 13.0 Å². The highest BCUT2D eigenvalue weighted by molar-refractivity contribution is 5.75. The molecule has 1 atom stereocenters. The molecule has 0 saturated heterocycles. The molecule has 0 aromatic carbocycles. The van der Waals surface area contributed by atoms with Crippen molar-refractivity contribution in [1.82, 2.24) is 5.43 Å². The molecule has 4 heteroatoms. The van der Waals surface area contributed by atoms with E-state index in [1.54, 1.807) is 0 Å². The molecule has 1 unspecified atom stereocenters. The molecule has 1 saturated carbocycles. The first-order valence-electron chi connectivity index (χ1n) is 5.33. The predicted octanol–water partition coefficient (Wildman–Crippen LogP) is 0.962. The Kier molecular flexibility index (Phi) is 4.90. The largest absolute Gasteiger partial charge is 0.378 e. The molecule has 0 spiro atoms. The van der Waals surface area contributed by atoms with Crippen LogP contribution < -0.4 is 11.3 Å². The maximum absolute atomic E-state index is 10.8. The van der Waals surface area contributed by atoms with E-state index >= 15 is 0 Å². The van der Waals surface area contributed by atoms with E-state index in [1.807, 2.05) is 6.92 Å². The zero-order valence-electron chi connectivity index (χ0n) is 8.79. The number of carbonyl (C=O) groups excluding carboxylic acids is 1. The first kappa shape index (κ1) is 11.5. The van der Waals surface area contributed by atoms with Crippen molar-refractivity contribution in [2.45, 2.75) is 45.1 Å². The molecule has 0 heterocycles. The topological polar surface area (TPSA) is 64.4 Å². The van der Waals surface area contributed by atoms with Crippen molar-refractivity contribution < 1.29 is 9.53 Å². The van der Waals surface area contributed by atoms with Crippen molar-refractivity contribution >= 4 is 5.91 Å². The first-order chi connectivity index (χ1) is 6.72. The lowest BCUT2D eigenvalue weighted by Gasteiger charge is -2.11. The number of amides is 1. The van der Waals surface area contributed by atoms with Crippen LogP contribution >= 0.6 is 0 Å². The number of nitrogens with one attached hydrogen (secondary N) is 1. The van der Waals surface area contributed by atoms with E-state index in [0.717, 1.165) is 18.9 Å². The Bertz CT molecular complexity index is 181. The maximum atomic E-state index is 10.8. The van der Waals surface area contributed by atoms with Crippen LogP contribution in [0.1, 0.15) is 39.0 Å². The summed E-state index contributed by atoms with van der Waals surface area (Å²) in [6.07, 6.45) is 5.26. The molecular weight excluding hydrogens is 180 g/mol. The fourth-order valence-electron chi connectivity index (χ4n) is 1.33. The standard InChI is InChI=1S/C10H20N2O2/c1-8(2-5-10(13)12-11)14-7-6-9-3-4-9/h8-9H,2-7,11H2,1H3,(H,12,13). The van der Waals surface area contributed by atoms with Crippen LogP contribution in [-0.2, 0) is 9.53 Å². The monoisotopic (exact) mass is 200 g/mol. The van der Waals surface area contributed by atoms with E-state index in [0.29, 0.717) is 6.42 Å². The van der Waals surface area contributed by atoms with Crippen LogP contribution in [0.2, 0.25) is 0 Å². The highest BCUT2D eigenvalue weighted by Crippen LogP contribution is 2.32. The molecule has 4 nitrogen and oxygen atoms in total. The minimum absolute atomic E-state index is 0.123. The van der Waals surface area contributed by atoms with E-state index in [1.165, 1.54) is 19.3 Å². The lowest BCUT2D eigenvalue weighted by molar-refractivity contribution is -0.121. The molecule has 0 aromatic heterocycles. The summed E-state index contributed by atoms with van der Waals surface area (Å²) in [7, 11) is 0. The van der Waals surface area contributed by atoms with Gasteiger partial charge >= 0.3 is 0 Å². The molecule has 82 valence electrons. The fraction of sp³-hybridized carbons (Fsp3) is 0.900. The fourth-order valence-corrected chi connectivity index (χ4v) is 1.33. The van der Waals surface area contributed by atoms with Gasteiger partial charge in [-0.3, -0.25) is 10.2 Å². The Hall–Kier alpha value is -0.610. The van der Waals surface area contributed by atoms with E-state index in [4.69, 9.17) is 10.6 Å². The molecule has 1 fully saturated rings. The molecule has 1 amide bonds. The summed E-state index contributed by atoms with van der Waals surface area (Å²) < 4.78 is 5.57. The summed E-state index contributed by atoms with van der Waals surface area (Å²) in [6, 6.07) is 0. The number of nitrogens with two attached hydrogens (primary N) is 1. The molecule has 1 rings (SSSR count). The highest BCUT2D eigenvalue weighted by atomic mass is 16.5. The Morgan fingerprint density at radius 1 is 1.64 bits per heavy atom. The Morgan fingerprint density at radius 2 is 2.36 bits per heavy atom. The summed E-state index contributed by atoms with van der Waals surface area (Å²) in [5.74, 6) is 5.76. The normalized spacial score (nSPS) is 17.9. The second kappa shape index (κ2) is 5.98. The zero-order valence-corrected chi connectivity index (χ0v) is 8.79. The summed E-state index contributed by atoms with van der Waals surface area (Å²) in [6.45, 7) is 2.83. The second-order valence-corrected chi connectivity index (χ2v) is 4.02. The number of hydrazine groups is 1. The van der Waals surface area contributed by atoms with Gasteiger partial charge in [0.15, 0.2) is 0 Å².